The Bertz CT molecular complexity index is 407. The first-order chi connectivity index (χ1) is 6.99. The predicted octanol–water partition coefficient (Wildman–Crippen LogP) is 2.72. The Balaban J connectivity index is 3.47. The summed E-state index contributed by atoms with van der Waals surface area (Å²) in [5, 5.41) is 8.41. The van der Waals surface area contributed by atoms with Gasteiger partial charge in [-0.1, -0.05) is 11.6 Å². The molecule has 0 aliphatic heterocycles. The Kier molecular flexibility index (Phi) is 3.47. The molecule has 0 unspecified atom stereocenters. The van der Waals surface area contributed by atoms with Crippen molar-refractivity contribution in [1.29, 1.82) is 0 Å². The van der Waals surface area contributed by atoms with Crippen molar-refractivity contribution >= 4 is 17.6 Å². The maximum atomic E-state index is 13.1. The molecule has 0 atom stereocenters. The highest BCUT2D eigenvalue weighted by Crippen LogP contribution is 2.32. The molecule has 0 spiro atoms. The van der Waals surface area contributed by atoms with Crippen LogP contribution in [0.5, 0.6) is 5.75 Å². The summed E-state index contributed by atoms with van der Waals surface area (Å²) < 4.78 is 30.8. The van der Waals surface area contributed by atoms with Gasteiger partial charge in [0, 0.05) is 0 Å². The molecule has 0 amide bonds. The molecule has 6 heteroatoms. The van der Waals surface area contributed by atoms with E-state index in [4.69, 9.17) is 21.4 Å². The third-order valence-corrected chi connectivity index (χ3v) is 1.91. The van der Waals surface area contributed by atoms with Crippen LogP contribution in [0.1, 0.15) is 17.3 Å². The molecule has 0 aliphatic carbocycles. The number of carboxylic acid groups (broad SMARTS) is 1. The van der Waals surface area contributed by atoms with Gasteiger partial charge in [0.15, 0.2) is 17.4 Å². The van der Waals surface area contributed by atoms with Crippen molar-refractivity contribution in [3.8, 4) is 5.75 Å². The van der Waals surface area contributed by atoms with Crippen molar-refractivity contribution < 1.29 is 23.4 Å². The second-order valence-corrected chi connectivity index (χ2v) is 3.00. The van der Waals surface area contributed by atoms with Crippen LogP contribution < -0.4 is 4.74 Å². The summed E-state index contributed by atoms with van der Waals surface area (Å²) in [6, 6.07) is 0.675. The number of carboxylic acids is 1. The molecule has 0 aliphatic rings. The van der Waals surface area contributed by atoms with Gasteiger partial charge in [-0.15, -0.1) is 0 Å². The summed E-state index contributed by atoms with van der Waals surface area (Å²) in [6.45, 7) is 1.67. The van der Waals surface area contributed by atoms with E-state index in [1.54, 1.807) is 6.92 Å². The Morgan fingerprint density at radius 3 is 2.67 bits per heavy atom. The van der Waals surface area contributed by atoms with Crippen molar-refractivity contribution in [3.05, 3.63) is 28.3 Å². The normalized spacial score (nSPS) is 10.1. The number of hydrogen-bond donors (Lipinski definition) is 1. The summed E-state index contributed by atoms with van der Waals surface area (Å²) in [6.07, 6.45) is 0. The third kappa shape index (κ3) is 2.18. The molecule has 0 aromatic heterocycles. The van der Waals surface area contributed by atoms with Gasteiger partial charge in [-0.3, -0.25) is 0 Å². The minimum absolute atomic E-state index is 0.102. The zero-order chi connectivity index (χ0) is 11.6. The molecule has 0 fully saturated rings. The van der Waals surface area contributed by atoms with E-state index in [-0.39, 0.29) is 17.4 Å². The van der Waals surface area contributed by atoms with Crippen LogP contribution in [0, 0.1) is 11.6 Å². The third-order valence-electron chi connectivity index (χ3n) is 1.63. The highest BCUT2D eigenvalue weighted by molar-refractivity contribution is 6.32. The van der Waals surface area contributed by atoms with Gasteiger partial charge in [-0.05, 0) is 13.0 Å². The maximum absolute atomic E-state index is 13.1. The molecular weight excluding hydrogens is 230 g/mol. The van der Waals surface area contributed by atoms with E-state index < -0.39 is 23.2 Å². The number of halogens is 3. The van der Waals surface area contributed by atoms with Crippen molar-refractivity contribution in [1.82, 2.24) is 0 Å². The molecule has 1 rings (SSSR count). The molecule has 0 bridgehead atoms. The molecule has 0 saturated heterocycles. The highest BCUT2D eigenvalue weighted by Gasteiger charge is 2.24. The van der Waals surface area contributed by atoms with Crippen LogP contribution in [0.3, 0.4) is 0 Å². The lowest BCUT2D eigenvalue weighted by Gasteiger charge is -2.10. The molecule has 3 nitrogen and oxygen atoms in total. The van der Waals surface area contributed by atoms with Crippen LogP contribution in [0.2, 0.25) is 5.02 Å². The summed E-state index contributed by atoms with van der Waals surface area (Å²) in [4.78, 5) is 10.7. The number of hydrogen-bond acceptors (Lipinski definition) is 2. The second-order valence-electron chi connectivity index (χ2n) is 2.60. The number of ether oxygens (including phenoxy) is 1. The first-order valence-corrected chi connectivity index (χ1v) is 4.40. The smallest absolute Gasteiger partial charge is 0.342 e. The van der Waals surface area contributed by atoms with Gasteiger partial charge in [0.25, 0.3) is 0 Å². The molecular formula is C9H7ClF2O3. The molecule has 0 heterocycles. The van der Waals surface area contributed by atoms with Gasteiger partial charge in [0.05, 0.1) is 11.6 Å². The fourth-order valence-electron chi connectivity index (χ4n) is 1.06. The predicted molar refractivity (Wildman–Crippen MR) is 49.5 cm³/mol. The largest absolute Gasteiger partial charge is 0.491 e. The molecule has 1 aromatic rings. The van der Waals surface area contributed by atoms with Crippen molar-refractivity contribution in [3.63, 3.8) is 0 Å². The van der Waals surface area contributed by atoms with Gasteiger partial charge in [-0.2, -0.15) is 0 Å². The lowest BCUT2D eigenvalue weighted by atomic mass is 10.2. The van der Waals surface area contributed by atoms with E-state index in [9.17, 15) is 13.6 Å². The van der Waals surface area contributed by atoms with E-state index >= 15 is 0 Å². The van der Waals surface area contributed by atoms with Crippen LogP contribution in [0.4, 0.5) is 8.78 Å². The van der Waals surface area contributed by atoms with Crippen LogP contribution in [0.15, 0.2) is 6.07 Å². The topological polar surface area (TPSA) is 46.5 Å². The number of rotatable bonds is 3. The minimum Gasteiger partial charge on any atom is -0.491 e. The van der Waals surface area contributed by atoms with E-state index in [0.717, 1.165) is 0 Å². The summed E-state index contributed by atoms with van der Waals surface area (Å²) in [7, 11) is 0. The summed E-state index contributed by atoms with van der Waals surface area (Å²) >= 11 is 5.53. The van der Waals surface area contributed by atoms with E-state index in [1.807, 2.05) is 0 Å². The van der Waals surface area contributed by atoms with E-state index in [2.05, 4.69) is 0 Å². The molecule has 15 heavy (non-hydrogen) atoms. The zero-order valence-electron chi connectivity index (χ0n) is 7.68. The van der Waals surface area contributed by atoms with Gasteiger partial charge in [0.1, 0.15) is 5.56 Å². The maximum Gasteiger partial charge on any atom is 0.342 e. The number of carbonyl (C=O) groups is 1. The van der Waals surface area contributed by atoms with Gasteiger partial charge < -0.3 is 9.84 Å². The fourth-order valence-corrected chi connectivity index (χ4v) is 1.30. The molecule has 1 aromatic carbocycles. The van der Waals surface area contributed by atoms with Crippen molar-refractivity contribution in [2.45, 2.75) is 6.92 Å². The molecule has 1 N–H and O–H groups in total. The Hall–Kier alpha value is -1.36. The fraction of sp³-hybridized carbons (Fsp3) is 0.222. The van der Waals surface area contributed by atoms with Crippen LogP contribution >= 0.6 is 11.6 Å². The van der Waals surface area contributed by atoms with E-state index in [1.165, 1.54) is 0 Å². The van der Waals surface area contributed by atoms with Crippen molar-refractivity contribution in [2.75, 3.05) is 6.61 Å². The second kappa shape index (κ2) is 4.44. The average Bonchev–Trinajstić information content (AvgIpc) is 2.14. The van der Waals surface area contributed by atoms with Gasteiger partial charge in [0.2, 0.25) is 0 Å². The van der Waals surface area contributed by atoms with Crippen LogP contribution in [-0.2, 0) is 0 Å². The molecule has 0 radical (unpaired) electrons. The Labute approximate surface area is 89.2 Å². The highest BCUT2D eigenvalue weighted by atomic mass is 35.5. The van der Waals surface area contributed by atoms with E-state index in [0.29, 0.717) is 6.07 Å². The van der Waals surface area contributed by atoms with Crippen LogP contribution in [0.25, 0.3) is 0 Å². The lowest BCUT2D eigenvalue weighted by Crippen LogP contribution is -2.08. The number of benzene rings is 1. The molecule has 0 saturated carbocycles. The Morgan fingerprint density at radius 1 is 1.60 bits per heavy atom. The van der Waals surface area contributed by atoms with Gasteiger partial charge >= 0.3 is 5.97 Å². The summed E-state index contributed by atoms with van der Waals surface area (Å²) in [5.74, 6) is -4.78. The zero-order valence-corrected chi connectivity index (χ0v) is 8.44. The molecule has 82 valence electrons. The quantitative estimate of drug-likeness (QED) is 0.821. The van der Waals surface area contributed by atoms with Gasteiger partial charge in [-0.25, -0.2) is 13.6 Å². The Morgan fingerprint density at radius 2 is 2.20 bits per heavy atom. The number of aromatic carboxylic acids is 1. The first-order valence-electron chi connectivity index (χ1n) is 4.02. The lowest BCUT2D eigenvalue weighted by molar-refractivity contribution is 0.0686. The summed E-state index contributed by atoms with van der Waals surface area (Å²) in [5.41, 5.74) is -0.887. The first kappa shape index (κ1) is 11.7. The monoisotopic (exact) mass is 236 g/mol. The average molecular weight is 237 g/mol. The van der Waals surface area contributed by atoms with Crippen LogP contribution in [-0.4, -0.2) is 17.7 Å². The van der Waals surface area contributed by atoms with Crippen molar-refractivity contribution in [2.24, 2.45) is 0 Å². The standard InChI is InChI=1S/C9H7ClF2O3/c1-2-15-8-4(10)3-5(11)7(12)6(8)9(13)14/h3H,2H2,1H3,(H,13,14). The SMILES string of the molecule is CCOc1c(Cl)cc(F)c(F)c1C(=O)O. The minimum atomic E-state index is -1.63.